The fourth-order valence-electron chi connectivity index (χ4n) is 3.31. The van der Waals surface area contributed by atoms with Gasteiger partial charge in [-0.15, -0.1) is 0 Å². The highest BCUT2D eigenvalue weighted by Gasteiger charge is 2.12. The van der Waals surface area contributed by atoms with Crippen LogP contribution in [0.2, 0.25) is 5.22 Å². The number of furan rings is 1. The molecular weight excluding hydrogens is 448 g/mol. The maximum absolute atomic E-state index is 12.8. The minimum atomic E-state index is -0.398. The predicted molar refractivity (Wildman–Crippen MR) is 123 cm³/mol. The molecule has 168 valence electrons. The average Bonchev–Trinajstić information content (AvgIpc) is 3.43. The van der Waals surface area contributed by atoms with Crippen LogP contribution in [0.1, 0.15) is 21.5 Å². The number of imidazole rings is 1. The smallest absolute Gasteiger partial charge is 0.330 e. The van der Waals surface area contributed by atoms with Crippen molar-refractivity contribution < 1.29 is 24.2 Å². The Hall–Kier alpha value is -4.01. The molecule has 33 heavy (non-hydrogen) atoms. The summed E-state index contributed by atoms with van der Waals surface area (Å²) in [5, 5.41) is 19.6. The van der Waals surface area contributed by atoms with Crippen molar-refractivity contribution in [3.63, 3.8) is 0 Å². The topological polar surface area (TPSA) is 118 Å². The number of carbonyl (C=O) groups excluding carboxylic acids is 1. The summed E-state index contributed by atoms with van der Waals surface area (Å²) in [4.78, 5) is 27.9. The first-order valence-electron chi connectivity index (χ1n) is 9.80. The molecule has 0 amide bonds. The van der Waals surface area contributed by atoms with Crippen molar-refractivity contribution in [2.24, 2.45) is 0 Å². The Morgan fingerprint density at radius 3 is 2.76 bits per heavy atom. The molecule has 0 aliphatic carbocycles. The van der Waals surface area contributed by atoms with Crippen molar-refractivity contribution in [3.8, 4) is 28.6 Å². The minimum absolute atomic E-state index is 0.149. The van der Waals surface area contributed by atoms with Gasteiger partial charge >= 0.3 is 5.69 Å². The second-order valence-electron chi connectivity index (χ2n) is 7.08. The number of allylic oxidation sites excluding steroid dienone is 1. The highest BCUT2D eigenvalue weighted by molar-refractivity contribution is 6.29. The van der Waals surface area contributed by atoms with Gasteiger partial charge in [-0.25, -0.2) is 4.79 Å². The number of aromatic hydroxyl groups is 1. The standard InChI is InChI=1S/C24H19ClN2O6/c1-32-21-10-14(9-16(13-28)23(21)30)5-6-19(29)15-3-2-4-17(11-15)27-12-18(26-24(27)31)20-7-8-22(25)33-20/h2-12,28,30H,13H2,1H3,(H,26,31). The summed E-state index contributed by atoms with van der Waals surface area (Å²) in [5.41, 5.74) is 1.77. The number of aromatic amines is 1. The highest BCUT2D eigenvalue weighted by Crippen LogP contribution is 2.32. The van der Waals surface area contributed by atoms with Crippen LogP contribution in [0.25, 0.3) is 23.2 Å². The first-order chi connectivity index (χ1) is 15.9. The molecule has 2 heterocycles. The van der Waals surface area contributed by atoms with Gasteiger partial charge in [0.25, 0.3) is 0 Å². The lowest BCUT2D eigenvalue weighted by molar-refractivity contribution is 0.104. The molecule has 0 aliphatic rings. The number of H-pyrrole nitrogens is 1. The molecular formula is C24H19ClN2O6. The molecule has 4 aromatic rings. The van der Waals surface area contributed by atoms with Gasteiger partial charge in [0.1, 0.15) is 5.69 Å². The maximum Gasteiger partial charge on any atom is 0.330 e. The lowest BCUT2D eigenvalue weighted by Gasteiger charge is -2.08. The fraction of sp³-hybridized carbons (Fsp3) is 0.0833. The molecule has 2 aromatic carbocycles. The first-order valence-corrected chi connectivity index (χ1v) is 10.2. The van der Waals surface area contributed by atoms with E-state index in [-0.39, 0.29) is 34.7 Å². The number of ether oxygens (including phenoxy) is 1. The number of benzene rings is 2. The SMILES string of the molecule is COc1cc(C=CC(=O)c2cccc(-n3cc(-c4ccc(Cl)o4)[nH]c3=O)c2)cc(CO)c1O. The van der Waals surface area contributed by atoms with E-state index in [0.29, 0.717) is 28.3 Å². The summed E-state index contributed by atoms with van der Waals surface area (Å²) < 4.78 is 11.8. The highest BCUT2D eigenvalue weighted by atomic mass is 35.5. The van der Waals surface area contributed by atoms with Gasteiger partial charge in [0.2, 0.25) is 0 Å². The number of halogens is 1. The van der Waals surface area contributed by atoms with Crippen molar-refractivity contribution in [2.75, 3.05) is 7.11 Å². The Morgan fingerprint density at radius 1 is 1.24 bits per heavy atom. The molecule has 0 bridgehead atoms. The van der Waals surface area contributed by atoms with Gasteiger partial charge in [0.05, 0.1) is 19.4 Å². The zero-order valence-corrected chi connectivity index (χ0v) is 18.2. The van der Waals surface area contributed by atoms with Gasteiger partial charge in [-0.1, -0.05) is 18.2 Å². The van der Waals surface area contributed by atoms with Crippen molar-refractivity contribution >= 4 is 23.5 Å². The van der Waals surface area contributed by atoms with Crippen molar-refractivity contribution in [1.82, 2.24) is 9.55 Å². The Bertz CT molecular complexity index is 1390. The minimum Gasteiger partial charge on any atom is -0.504 e. The molecule has 0 unspecified atom stereocenters. The van der Waals surface area contributed by atoms with E-state index in [0.717, 1.165) is 0 Å². The third-order valence-corrected chi connectivity index (χ3v) is 5.16. The fourth-order valence-corrected chi connectivity index (χ4v) is 3.46. The summed E-state index contributed by atoms with van der Waals surface area (Å²) in [6.45, 7) is -0.377. The zero-order chi connectivity index (χ0) is 23.5. The molecule has 0 atom stereocenters. The maximum atomic E-state index is 12.8. The summed E-state index contributed by atoms with van der Waals surface area (Å²) >= 11 is 5.80. The average molecular weight is 467 g/mol. The van der Waals surface area contributed by atoms with Crippen LogP contribution in [-0.4, -0.2) is 32.7 Å². The molecule has 2 aromatic heterocycles. The Morgan fingerprint density at radius 2 is 2.06 bits per heavy atom. The Kier molecular flexibility index (Phi) is 6.21. The molecule has 0 saturated carbocycles. The number of aromatic nitrogens is 2. The number of aliphatic hydroxyl groups excluding tert-OH is 1. The third-order valence-electron chi connectivity index (χ3n) is 4.96. The van der Waals surface area contributed by atoms with Crippen molar-refractivity contribution in [1.29, 1.82) is 0 Å². The number of rotatable bonds is 7. The molecule has 3 N–H and O–H groups in total. The predicted octanol–water partition coefficient (Wildman–Crippen LogP) is 4.18. The number of ketones is 1. The number of phenols is 1. The molecule has 0 aliphatic heterocycles. The summed E-state index contributed by atoms with van der Waals surface area (Å²) in [6, 6.07) is 12.9. The third kappa shape index (κ3) is 4.62. The number of hydrogen-bond acceptors (Lipinski definition) is 6. The van der Waals surface area contributed by atoms with Crippen LogP contribution < -0.4 is 10.4 Å². The van der Waals surface area contributed by atoms with Crippen molar-refractivity contribution in [2.45, 2.75) is 6.61 Å². The number of nitrogens with one attached hydrogen (secondary N) is 1. The number of methoxy groups -OCH3 is 1. The van der Waals surface area contributed by atoms with Crippen LogP contribution in [-0.2, 0) is 6.61 Å². The van der Waals surface area contributed by atoms with Crippen LogP contribution in [0.4, 0.5) is 0 Å². The molecule has 8 nitrogen and oxygen atoms in total. The van der Waals surface area contributed by atoms with E-state index in [1.54, 1.807) is 60.8 Å². The molecule has 0 fully saturated rings. The Labute approximate surface area is 192 Å². The van der Waals surface area contributed by atoms with E-state index < -0.39 is 5.69 Å². The summed E-state index contributed by atoms with van der Waals surface area (Å²) in [6.07, 6.45) is 4.48. The van der Waals surface area contributed by atoms with E-state index in [1.807, 2.05) is 0 Å². The number of nitrogens with zero attached hydrogens (tertiary/aromatic N) is 1. The van der Waals surface area contributed by atoms with Crippen molar-refractivity contribution in [3.05, 3.63) is 93.2 Å². The second-order valence-corrected chi connectivity index (χ2v) is 7.46. The van der Waals surface area contributed by atoms with Gasteiger partial charge in [0, 0.05) is 17.3 Å². The van der Waals surface area contributed by atoms with E-state index >= 15 is 0 Å². The lowest BCUT2D eigenvalue weighted by atomic mass is 10.1. The molecule has 0 saturated heterocycles. The van der Waals surface area contributed by atoms with Crippen LogP contribution in [0.3, 0.4) is 0 Å². The van der Waals surface area contributed by atoms with Gasteiger partial charge in [-0.3, -0.25) is 9.36 Å². The molecule has 4 rings (SSSR count). The van der Waals surface area contributed by atoms with E-state index in [9.17, 15) is 19.8 Å². The van der Waals surface area contributed by atoms with Crippen LogP contribution in [0.5, 0.6) is 11.5 Å². The van der Waals surface area contributed by atoms with E-state index in [4.69, 9.17) is 20.8 Å². The monoisotopic (exact) mass is 466 g/mol. The molecule has 9 heteroatoms. The van der Waals surface area contributed by atoms with E-state index in [2.05, 4.69) is 4.98 Å². The second kappa shape index (κ2) is 9.23. The number of carbonyl (C=O) groups is 1. The van der Waals surface area contributed by atoms with E-state index in [1.165, 1.54) is 17.8 Å². The largest absolute Gasteiger partial charge is 0.504 e. The quantitative estimate of drug-likeness (QED) is 0.278. The lowest BCUT2D eigenvalue weighted by Crippen LogP contribution is -2.14. The van der Waals surface area contributed by atoms with Gasteiger partial charge < -0.3 is 24.4 Å². The molecule has 0 spiro atoms. The summed E-state index contributed by atoms with van der Waals surface area (Å²) in [5.74, 6) is 0.161. The van der Waals surface area contributed by atoms with Gasteiger partial charge in [0.15, 0.2) is 28.3 Å². The molecule has 0 radical (unpaired) electrons. The van der Waals surface area contributed by atoms with Crippen LogP contribution in [0, 0.1) is 0 Å². The Balaban J connectivity index is 1.61. The first kappa shape index (κ1) is 22.2. The zero-order valence-electron chi connectivity index (χ0n) is 17.4. The number of aliphatic hydroxyl groups is 1. The normalized spacial score (nSPS) is 11.2. The van der Waals surface area contributed by atoms with Crippen LogP contribution >= 0.6 is 11.6 Å². The van der Waals surface area contributed by atoms with Gasteiger partial charge in [-0.2, -0.15) is 0 Å². The van der Waals surface area contributed by atoms with Crippen LogP contribution in [0.15, 0.2) is 70.0 Å². The summed E-state index contributed by atoms with van der Waals surface area (Å²) in [7, 11) is 1.40. The number of hydrogen-bond donors (Lipinski definition) is 3. The van der Waals surface area contributed by atoms with Gasteiger partial charge in [-0.05, 0) is 59.6 Å².